The fourth-order valence-electron chi connectivity index (χ4n) is 1.64. The molecule has 4 nitrogen and oxygen atoms in total. The van der Waals surface area contributed by atoms with E-state index in [4.69, 9.17) is 4.74 Å². The third-order valence-electron chi connectivity index (χ3n) is 2.68. The first-order valence-corrected chi connectivity index (χ1v) is 5.50. The van der Waals surface area contributed by atoms with Crippen LogP contribution in [0.2, 0.25) is 0 Å². The number of ether oxygens (including phenoxy) is 1. The summed E-state index contributed by atoms with van der Waals surface area (Å²) in [5.41, 5.74) is 0. The molecule has 96 valence electrons. The molecule has 0 saturated carbocycles. The molecule has 0 unspecified atom stereocenters. The van der Waals surface area contributed by atoms with Crippen molar-refractivity contribution >= 4 is 11.9 Å². The molecule has 1 heterocycles. The summed E-state index contributed by atoms with van der Waals surface area (Å²) < 4.78 is 30.5. The SMILES string of the molecule is O=C1CCN(C(=O)Oc2ccc(F)c(F)c2)CC1. The molecule has 1 amide bonds. The smallest absolute Gasteiger partial charge is 0.410 e. The van der Waals surface area contributed by atoms with Crippen molar-refractivity contribution in [3.63, 3.8) is 0 Å². The van der Waals surface area contributed by atoms with E-state index in [2.05, 4.69) is 0 Å². The number of hydrogen-bond acceptors (Lipinski definition) is 3. The van der Waals surface area contributed by atoms with E-state index in [1.54, 1.807) is 0 Å². The van der Waals surface area contributed by atoms with Gasteiger partial charge < -0.3 is 9.64 Å². The predicted octanol–water partition coefficient (Wildman–Crippen LogP) is 2.13. The Hall–Kier alpha value is -1.98. The zero-order chi connectivity index (χ0) is 13.1. The molecule has 1 fully saturated rings. The lowest BCUT2D eigenvalue weighted by Crippen LogP contribution is -2.40. The number of piperidine rings is 1. The van der Waals surface area contributed by atoms with Crippen molar-refractivity contribution < 1.29 is 23.1 Å². The summed E-state index contributed by atoms with van der Waals surface area (Å²) in [5, 5.41) is 0. The average Bonchev–Trinajstić information content (AvgIpc) is 2.34. The van der Waals surface area contributed by atoms with Crippen LogP contribution in [0.1, 0.15) is 12.8 Å². The third-order valence-corrected chi connectivity index (χ3v) is 2.68. The number of nitrogens with zero attached hydrogens (tertiary/aromatic N) is 1. The lowest BCUT2D eigenvalue weighted by molar-refractivity contribution is -0.121. The second-order valence-electron chi connectivity index (χ2n) is 3.97. The van der Waals surface area contributed by atoms with Crippen molar-refractivity contribution in [2.45, 2.75) is 12.8 Å². The first-order valence-electron chi connectivity index (χ1n) is 5.50. The highest BCUT2D eigenvalue weighted by Crippen LogP contribution is 2.17. The lowest BCUT2D eigenvalue weighted by atomic mass is 10.1. The summed E-state index contributed by atoms with van der Waals surface area (Å²) in [6.07, 6.45) is -0.0618. The van der Waals surface area contributed by atoms with Crippen LogP contribution in [0.4, 0.5) is 13.6 Å². The van der Waals surface area contributed by atoms with Gasteiger partial charge in [0, 0.05) is 32.0 Å². The number of carbonyl (C=O) groups excluding carboxylic acids is 2. The lowest BCUT2D eigenvalue weighted by Gasteiger charge is -2.24. The van der Waals surface area contributed by atoms with Crippen LogP contribution in [-0.4, -0.2) is 29.9 Å². The summed E-state index contributed by atoms with van der Waals surface area (Å²) in [6.45, 7) is 0.586. The van der Waals surface area contributed by atoms with Crippen LogP contribution in [-0.2, 0) is 4.79 Å². The van der Waals surface area contributed by atoms with Crippen molar-refractivity contribution in [3.05, 3.63) is 29.8 Å². The third kappa shape index (κ3) is 2.82. The first-order chi connectivity index (χ1) is 8.56. The number of Topliss-reactive ketones (excluding diaryl/α,β-unsaturated/α-hetero) is 1. The molecule has 0 N–H and O–H groups in total. The number of carbonyl (C=O) groups is 2. The minimum Gasteiger partial charge on any atom is -0.410 e. The molecule has 6 heteroatoms. The van der Waals surface area contributed by atoms with Crippen LogP contribution in [0.3, 0.4) is 0 Å². The normalized spacial score (nSPS) is 15.7. The number of benzene rings is 1. The standard InChI is InChI=1S/C12H11F2NO3/c13-10-2-1-9(7-11(10)14)18-12(17)15-5-3-8(16)4-6-15/h1-2,7H,3-6H2. The molecule has 0 aliphatic carbocycles. The number of likely N-dealkylation sites (tertiary alicyclic amines) is 1. The van der Waals surface area contributed by atoms with Gasteiger partial charge in [-0.25, -0.2) is 13.6 Å². The van der Waals surface area contributed by atoms with Crippen LogP contribution in [0.15, 0.2) is 18.2 Å². The molecule has 1 aromatic carbocycles. The summed E-state index contributed by atoms with van der Waals surface area (Å²) >= 11 is 0. The van der Waals surface area contributed by atoms with Crippen molar-refractivity contribution in [2.24, 2.45) is 0 Å². The van der Waals surface area contributed by atoms with Gasteiger partial charge in [-0.15, -0.1) is 0 Å². The Balaban J connectivity index is 1.98. The van der Waals surface area contributed by atoms with E-state index in [1.807, 2.05) is 0 Å². The fraction of sp³-hybridized carbons (Fsp3) is 0.333. The van der Waals surface area contributed by atoms with E-state index in [0.717, 1.165) is 12.1 Å². The van der Waals surface area contributed by atoms with E-state index in [1.165, 1.54) is 11.0 Å². The topological polar surface area (TPSA) is 46.6 Å². The maximum Gasteiger partial charge on any atom is 0.415 e. The van der Waals surface area contributed by atoms with Crippen molar-refractivity contribution in [3.8, 4) is 5.75 Å². The Kier molecular flexibility index (Phi) is 3.55. The molecule has 1 aliphatic heterocycles. The highest BCUT2D eigenvalue weighted by atomic mass is 19.2. The minimum atomic E-state index is -1.07. The van der Waals surface area contributed by atoms with Crippen LogP contribution in [0.5, 0.6) is 5.75 Å². The Bertz CT molecular complexity index is 480. The molecule has 1 aliphatic rings. The molecule has 1 aromatic rings. The highest BCUT2D eigenvalue weighted by molar-refractivity contribution is 5.81. The van der Waals surface area contributed by atoms with Gasteiger partial charge >= 0.3 is 6.09 Å². The minimum absolute atomic E-state index is 0.0594. The Morgan fingerprint density at radius 2 is 1.83 bits per heavy atom. The van der Waals surface area contributed by atoms with Gasteiger partial charge in [0.25, 0.3) is 0 Å². The van der Waals surface area contributed by atoms with E-state index >= 15 is 0 Å². The summed E-state index contributed by atoms with van der Waals surface area (Å²) in [6, 6.07) is 2.87. The summed E-state index contributed by atoms with van der Waals surface area (Å²) in [7, 11) is 0. The highest BCUT2D eigenvalue weighted by Gasteiger charge is 2.22. The van der Waals surface area contributed by atoms with E-state index in [9.17, 15) is 18.4 Å². The van der Waals surface area contributed by atoms with Gasteiger partial charge in [-0.3, -0.25) is 4.79 Å². The van der Waals surface area contributed by atoms with Crippen LogP contribution < -0.4 is 4.74 Å². The van der Waals surface area contributed by atoms with E-state index in [0.29, 0.717) is 25.9 Å². The fourth-order valence-corrected chi connectivity index (χ4v) is 1.64. The quantitative estimate of drug-likeness (QED) is 0.772. The van der Waals surface area contributed by atoms with Crippen molar-refractivity contribution in [1.82, 2.24) is 4.90 Å². The Morgan fingerprint density at radius 3 is 2.44 bits per heavy atom. The second-order valence-corrected chi connectivity index (χ2v) is 3.97. The number of hydrogen-bond donors (Lipinski definition) is 0. The largest absolute Gasteiger partial charge is 0.415 e. The molecule has 0 spiro atoms. The zero-order valence-electron chi connectivity index (χ0n) is 9.49. The molecule has 18 heavy (non-hydrogen) atoms. The summed E-state index contributed by atoms with van der Waals surface area (Å²) in [5.74, 6) is -2.03. The van der Waals surface area contributed by atoms with Gasteiger partial charge in [0.1, 0.15) is 11.5 Å². The predicted molar refractivity (Wildman–Crippen MR) is 58.2 cm³/mol. The number of amides is 1. The number of rotatable bonds is 1. The maximum atomic E-state index is 12.9. The van der Waals surface area contributed by atoms with Crippen molar-refractivity contribution in [1.29, 1.82) is 0 Å². The molecule has 0 bridgehead atoms. The Labute approximate surface area is 102 Å². The molecule has 0 atom stereocenters. The number of ketones is 1. The molecule has 0 aromatic heterocycles. The van der Waals surface area contributed by atoms with Gasteiger partial charge in [0.2, 0.25) is 0 Å². The molecule has 1 saturated heterocycles. The molecular weight excluding hydrogens is 244 g/mol. The van der Waals surface area contributed by atoms with E-state index in [-0.39, 0.29) is 11.5 Å². The van der Waals surface area contributed by atoms with Gasteiger partial charge in [-0.05, 0) is 12.1 Å². The maximum absolute atomic E-state index is 12.9. The first kappa shape index (κ1) is 12.5. The van der Waals surface area contributed by atoms with Gasteiger partial charge in [-0.2, -0.15) is 0 Å². The van der Waals surface area contributed by atoms with Gasteiger partial charge in [-0.1, -0.05) is 0 Å². The second kappa shape index (κ2) is 5.12. The molecule has 0 radical (unpaired) electrons. The monoisotopic (exact) mass is 255 g/mol. The van der Waals surface area contributed by atoms with Crippen LogP contribution >= 0.6 is 0 Å². The summed E-state index contributed by atoms with van der Waals surface area (Å²) in [4.78, 5) is 24.0. The zero-order valence-corrected chi connectivity index (χ0v) is 9.49. The van der Waals surface area contributed by atoms with Crippen molar-refractivity contribution in [2.75, 3.05) is 13.1 Å². The van der Waals surface area contributed by atoms with Crippen LogP contribution in [0, 0.1) is 11.6 Å². The van der Waals surface area contributed by atoms with Gasteiger partial charge in [0.15, 0.2) is 11.6 Å². The van der Waals surface area contributed by atoms with Gasteiger partial charge in [0.05, 0.1) is 0 Å². The molecule has 2 rings (SSSR count). The average molecular weight is 255 g/mol. The number of halogens is 2. The Morgan fingerprint density at radius 1 is 1.17 bits per heavy atom. The molecular formula is C12H11F2NO3. The van der Waals surface area contributed by atoms with E-state index < -0.39 is 17.7 Å². The van der Waals surface area contributed by atoms with Crippen LogP contribution in [0.25, 0.3) is 0 Å².